The van der Waals surface area contributed by atoms with Gasteiger partial charge in [-0.3, -0.25) is 9.59 Å². The summed E-state index contributed by atoms with van der Waals surface area (Å²) < 4.78 is 5.53. The fraction of sp³-hybridized carbons (Fsp3) is 0.875. The molecule has 122 valence electrons. The molecule has 1 saturated heterocycles. The van der Waals surface area contributed by atoms with Crippen LogP contribution in [0, 0.1) is 0 Å². The molecule has 0 bridgehead atoms. The van der Waals surface area contributed by atoms with Crippen LogP contribution in [0.4, 0.5) is 0 Å². The third-order valence-electron chi connectivity index (χ3n) is 4.73. The number of piperazine rings is 1. The van der Waals surface area contributed by atoms with Gasteiger partial charge >= 0.3 is 0 Å². The van der Waals surface area contributed by atoms with E-state index in [4.69, 9.17) is 4.74 Å². The van der Waals surface area contributed by atoms with Gasteiger partial charge in [0.25, 0.3) is 0 Å². The van der Waals surface area contributed by atoms with Crippen molar-refractivity contribution in [2.45, 2.75) is 71.4 Å². The van der Waals surface area contributed by atoms with Gasteiger partial charge in [-0.2, -0.15) is 0 Å². The molecule has 1 N–H and O–H groups in total. The molecule has 21 heavy (non-hydrogen) atoms. The molecule has 1 fully saturated rings. The van der Waals surface area contributed by atoms with Crippen molar-refractivity contribution in [2.24, 2.45) is 0 Å². The van der Waals surface area contributed by atoms with Gasteiger partial charge in [-0.05, 0) is 32.6 Å². The van der Waals surface area contributed by atoms with Crippen LogP contribution in [0.25, 0.3) is 0 Å². The second-order valence-corrected chi connectivity index (χ2v) is 5.95. The number of nitrogens with one attached hydrogen (secondary N) is 1. The van der Waals surface area contributed by atoms with Crippen LogP contribution < -0.4 is 5.32 Å². The van der Waals surface area contributed by atoms with E-state index in [9.17, 15) is 9.59 Å². The molecule has 1 aliphatic heterocycles. The number of amides is 2. The number of carbonyl (C=O) groups excluding carboxylic acids is 2. The lowest BCUT2D eigenvalue weighted by atomic mass is 9.81. The first-order chi connectivity index (χ1) is 9.91. The summed E-state index contributed by atoms with van der Waals surface area (Å²) in [7, 11) is 0. The summed E-state index contributed by atoms with van der Waals surface area (Å²) in [6.07, 6.45) is 2.78. The van der Waals surface area contributed by atoms with E-state index in [-0.39, 0.29) is 11.8 Å². The molecule has 0 saturated carbocycles. The number of nitrogens with zero attached hydrogens (tertiary/aromatic N) is 1. The maximum Gasteiger partial charge on any atom is 0.249 e. The predicted molar refractivity (Wildman–Crippen MR) is 83.0 cm³/mol. The number of hydrogen-bond acceptors (Lipinski definition) is 3. The van der Waals surface area contributed by atoms with Gasteiger partial charge in [-0.15, -0.1) is 0 Å². The highest BCUT2D eigenvalue weighted by Gasteiger charge is 2.54. The normalized spacial score (nSPS) is 25.1. The average molecular weight is 298 g/mol. The summed E-state index contributed by atoms with van der Waals surface area (Å²) in [4.78, 5) is 27.3. The number of carbonyl (C=O) groups is 2. The van der Waals surface area contributed by atoms with Crippen LogP contribution in [0.15, 0.2) is 0 Å². The second kappa shape index (κ2) is 7.25. The van der Waals surface area contributed by atoms with Gasteiger partial charge in [0.1, 0.15) is 11.1 Å². The Kier molecular flexibility index (Phi) is 6.20. The van der Waals surface area contributed by atoms with Crippen LogP contribution in [0.3, 0.4) is 0 Å². The molecule has 0 aromatic carbocycles. The summed E-state index contributed by atoms with van der Waals surface area (Å²) in [6, 6.07) is 0. The summed E-state index contributed by atoms with van der Waals surface area (Å²) in [5.41, 5.74) is -1.53. The first-order valence-electron chi connectivity index (χ1n) is 8.14. The van der Waals surface area contributed by atoms with E-state index in [0.29, 0.717) is 39.0 Å². The maximum absolute atomic E-state index is 12.9. The maximum atomic E-state index is 12.9. The molecule has 1 heterocycles. The van der Waals surface area contributed by atoms with Crippen molar-refractivity contribution >= 4 is 11.8 Å². The van der Waals surface area contributed by atoms with E-state index in [1.54, 1.807) is 4.90 Å². The molecule has 1 unspecified atom stereocenters. The highest BCUT2D eigenvalue weighted by Crippen LogP contribution is 2.33. The van der Waals surface area contributed by atoms with Crippen LogP contribution >= 0.6 is 0 Å². The van der Waals surface area contributed by atoms with E-state index in [0.717, 1.165) is 6.42 Å². The summed E-state index contributed by atoms with van der Waals surface area (Å²) in [5.74, 6) is -0.0275. The van der Waals surface area contributed by atoms with E-state index in [1.165, 1.54) is 0 Å². The lowest BCUT2D eigenvalue weighted by molar-refractivity contribution is -0.164. The SMILES string of the molecule is CCCOCCN1C(=O)C(C)(CC)NC(=O)C1(CC)CC. The lowest BCUT2D eigenvalue weighted by Gasteiger charge is -2.51. The van der Waals surface area contributed by atoms with Crippen molar-refractivity contribution in [1.29, 1.82) is 0 Å². The Morgan fingerprint density at radius 3 is 2.14 bits per heavy atom. The Bertz CT molecular complexity index is 380. The van der Waals surface area contributed by atoms with Crippen molar-refractivity contribution in [2.75, 3.05) is 19.8 Å². The van der Waals surface area contributed by atoms with Gasteiger partial charge in [0, 0.05) is 13.2 Å². The van der Waals surface area contributed by atoms with E-state index in [1.807, 2.05) is 27.7 Å². The molecule has 1 aliphatic rings. The Morgan fingerprint density at radius 2 is 1.67 bits per heavy atom. The summed E-state index contributed by atoms with van der Waals surface area (Å²) >= 11 is 0. The van der Waals surface area contributed by atoms with Gasteiger partial charge in [0.15, 0.2) is 0 Å². The van der Waals surface area contributed by atoms with Gasteiger partial charge in [-0.25, -0.2) is 0 Å². The van der Waals surface area contributed by atoms with Crippen molar-refractivity contribution < 1.29 is 14.3 Å². The van der Waals surface area contributed by atoms with Gasteiger partial charge < -0.3 is 15.0 Å². The molecule has 0 radical (unpaired) electrons. The van der Waals surface area contributed by atoms with Crippen LogP contribution in [-0.4, -0.2) is 47.6 Å². The Balaban J connectivity index is 3.01. The van der Waals surface area contributed by atoms with Crippen LogP contribution in [0.2, 0.25) is 0 Å². The summed E-state index contributed by atoms with van der Waals surface area (Å²) in [5, 5.41) is 2.95. The van der Waals surface area contributed by atoms with Crippen molar-refractivity contribution in [3.63, 3.8) is 0 Å². The molecule has 2 amide bonds. The first-order valence-corrected chi connectivity index (χ1v) is 8.14. The zero-order valence-corrected chi connectivity index (χ0v) is 14.1. The van der Waals surface area contributed by atoms with E-state index in [2.05, 4.69) is 12.2 Å². The molecule has 1 atom stereocenters. The largest absolute Gasteiger partial charge is 0.380 e. The monoisotopic (exact) mass is 298 g/mol. The molecule has 0 aromatic rings. The average Bonchev–Trinajstić information content (AvgIpc) is 2.49. The Morgan fingerprint density at radius 1 is 1.05 bits per heavy atom. The standard InChI is InChI=1S/C16H30N2O3/c1-6-11-21-12-10-18-14(20)15(5,7-2)17-13(19)16(18,8-3)9-4/h6-12H2,1-5H3,(H,17,19). The van der Waals surface area contributed by atoms with E-state index < -0.39 is 11.1 Å². The highest BCUT2D eigenvalue weighted by atomic mass is 16.5. The number of ether oxygens (including phenoxy) is 1. The number of hydrogen-bond donors (Lipinski definition) is 1. The molecule has 5 heteroatoms. The molecular weight excluding hydrogens is 268 g/mol. The van der Waals surface area contributed by atoms with Crippen molar-refractivity contribution in [3.8, 4) is 0 Å². The van der Waals surface area contributed by atoms with Crippen LogP contribution in [0.5, 0.6) is 0 Å². The quantitative estimate of drug-likeness (QED) is 0.698. The zero-order valence-electron chi connectivity index (χ0n) is 14.1. The molecule has 0 spiro atoms. The topological polar surface area (TPSA) is 58.6 Å². The van der Waals surface area contributed by atoms with E-state index >= 15 is 0 Å². The van der Waals surface area contributed by atoms with Gasteiger partial charge in [-0.1, -0.05) is 27.7 Å². The predicted octanol–water partition coefficient (Wildman–Crippen LogP) is 2.10. The molecule has 0 aromatic heterocycles. The molecule has 1 rings (SSSR count). The smallest absolute Gasteiger partial charge is 0.249 e. The van der Waals surface area contributed by atoms with Crippen LogP contribution in [-0.2, 0) is 14.3 Å². The second-order valence-electron chi connectivity index (χ2n) is 5.95. The minimum atomic E-state index is -0.796. The Hall–Kier alpha value is -1.10. The van der Waals surface area contributed by atoms with Crippen LogP contribution in [0.1, 0.15) is 60.3 Å². The minimum absolute atomic E-state index is 0.00778. The zero-order chi connectivity index (χ0) is 16.1. The highest BCUT2D eigenvalue weighted by molar-refractivity contribution is 6.02. The summed E-state index contributed by atoms with van der Waals surface area (Å²) in [6.45, 7) is 11.4. The Labute approximate surface area is 128 Å². The molecule has 5 nitrogen and oxygen atoms in total. The van der Waals surface area contributed by atoms with Gasteiger partial charge in [0.2, 0.25) is 11.8 Å². The van der Waals surface area contributed by atoms with Crippen molar-refractivity contribution in [3.05, 3.63) is 0 Å². The third kappa shape index (κ3) is 3.23. The fourth-order valence-electron chi connectivity index (χ4n) is 2.95. The minimum Gasteiger partial charge on any atom is -0.380 e. The first kappa shape index (κ1) is 18.0. The van der Waals surface area contributed by atoms with Gasteiger partial charge in [0.05, 0.1) is 6.61 Å². The lowest BCUT2D eigenvalue weighted by Crippen LogP contribution is -2.74. The number of rotatable bonds is 8. The third-order valence-corrected chi connectivity index (χ3v) is 4.73. The molecular formula is C16H30N2O3. The fourth-order valence-corrected chi connectivity index (χ4v) is 2.95. The molecule has 0 aliphatic carbocycles. The van der Waals surface area contributed by atoms with Crippen molar-refractivity contribution in [1.82, 2.24) is 10.2 Å².